The molecule has 0 saturated carbocycles. The smallest absolute Gasteiger partial charge is 0.332 e. The molecule has 0 unspecified atom stereocenters. The highest BCUT2D eigenvalue weighted by atomic mass is 16.3. The molecule has 7 nitrogen and oxygen atoms in total. The minimum absolute atomic E-state index is 0.0241. The van der Waals surface area contributed by atoms with Crippen molar-refractivity contribution in [2.45, 2.75) is 6.54 Å². The van der Waals surface area contributed by atoms with Crippen LogP contribution in [0.5, 0.6) is 0 Å². The van der Waals surface area contributed by atoms with Gasteiger partial charge in [0.05, 0.1) is 19.8 Å². The number of nitrogens with zero attached hydrogens (tertiary/aromatic N) is 4. The van der Waals surface area contributed by atoms with Gasteiger partial charge in [-0.25, -0.2) is 4.79 Å². The van der Waals surface area contributed by atoms with Gasteiger partial charge in [-0.15, -0.1) is 0 Å². The number of rotatable bonds is 2. The lowest BCUT2D eigenvalue weighted by Gasteiger charge is -2.15. The third-order valence-electron chi connectivity index (χ3n) is 2.99. The van der Waals surface area contributed by atoms with Gasteiger partial charge >= 0.3 is 5.69 Å². The molecule has 0 bridgehead atoms. The van der Waals surface area contributed by atoms with Crippen LogP contribution >= 0.6 is 0 Å². The van der Waals surface area contributed by atoms with Crippen LogP contribution in [0.2, 0.25) is 0 Å². The Labute approximate surface area is 98.1 Å². The Hall–Kier alpha value is -1.76. The van der Waals surface area contributed by atoms with E-state index in [1.807, 2.05) is 11.9 Å². The summed E-state index contributed by atoms with van der Waals surface area (Å²) in [6, 6.07) is 0. The largest absolute Gasteiger partial charge is 0.395 e. The molecule has 0 aliphatic carbocycles. The van der Waals surface area contributed by atoms with Gasteiger partial charge in [0.15, 0.2) is 0 Å². The van der Waals surface area contributed by atoms with E-state index in [0.29, 0.717) is 18.2 Å². The molecule has 0 saturated heterocycles. The molecule has 1 aliphatic heterocycles. The van der Waals surface area contributed by atoms with Crippen LogP contribution in [0.3, 0.4) is 0 Å². The molecule has 2 heterocycles. The summed E-state index contributed by atoms with van der Waals surface area (Å²) >= 11 is 0. The molecule has 0 spiro atoms. The summed E-state index contributed by atoms with van der Waals surface area (Å²) in [5, 5.41) is 8.89. The van der Waals surface area contributed by atoms with E-state index < -0.39 is 5.69 Å². The van der Waals surface area contributed by atoms with E-state index in [1.165, 1.54) is 4.57 Å². The molecule has 1 N–H and O–H groups in total. The SMILES string of the molecule is CN1CN(C)c2c1c(=O)n(CCO)c(=O)n2C. The number of aliphatic hydroxyl groups is 1. The maximum atomic E-state index is 12.1. The molecule has 0 atom stereocenters. The Morgan fingerprint density at radius 2 is 1.82 bits per heavy atom. The van der Waals surface area contributed by atoms with Crippen LogP contribution in [0.4, 0.5) is 11.5 Å². The van der Waals surface area contributed by atoms with Gasteiger partial charge in [-0.1, -0.05) is 0 Å². The second-order valence-electron chi connectivity index (χ2n) is 4.23. The summed E-state index contributed by atoms with van der Waals surface area (Å²) in [7, 11) is 5.26. The lowest BCUT2D eigenvalue weighted by Crippen LogP contribution is -2.41. The summed E-state index contributed by atoms with van der Waals surface area (Å²) in [4.78, 5) is 27.8. The third-order valence-corrected chi connectivity index (χ3v) is 2.99. The van der Waals surface area contributed by atoms with Crippen LogP contribution in [0.25, 0.3) is 0 Å². The van der Waals surface area contributed by atoms with E-state index >= 15 is 0 Å². The molecule has 1 aromatic heterocycles. The van der Waals surface area contributed by atoms with Crippen LogP contribution in [0.1, 0.15) is 0 Å². The van der Waals surface area contributed by atoms with Crippen molar-refractivity contribution >= 4 is 11.5 Å². The summed E-state index contributed by atoms with van der Waals surface area (Å²) in [6.45, 7) is 0.366. The third kappa shape index (κ3) is 1.54. The molecule has 0 aromatic carbocycles. The van der Waals surface area contributed by atoms with Crippen LogP contribution in [-0.2, 0) is 13.6 Å². The molecule has 1 aromatic rings. The molecule has 17 heavy (non-hydrogen) atoms. The number of hydrogen-bond donors (Lipinski definition) is 1. The number of anilines is 2. The first-order valence-corrected chi connectivity index (χ1v) is 5.36. The minimum atomic E-state index is -0.398. The zero-order valence-corrected chi connectivity index (χ0v) is 10.2. The number of hydrogen-bond acceptors (Lipinski definition) is 5. The highest BCUT2D eigenvalue weighted by Gasteiger charge is 2.28. The average Bonchev–Trinajstić information content (AvgIpc) is 2.57. The van der Waals surface area contributed by atoms with Gasteiger partial charge in [-0.05, 0) is 0 Å². The van der Waals surface area contributed by atoms with Crippen molar-refractivity contribution in [1.82, 2.24) is 9.13 Å². The number of aliphatic hydroxyl groups excluding tert-OH is 1. The second-order valence-corrected chi connectivity index (χ2v) is 4.23. The summed E-state index contributed by atoms with van der Waals surface area (Å²) in [5.41, 5.74) is -0.239. The van der Waals surface area contributed by atoms with Gasteiger partial charge in [0.2, 0.25) is 0 Å². The van der Waals surface area contributed by atoms with E-state index in [2.05, 4.69) is 0 Å². The molecule has 2 rings (SSSR count). The van der Waals surface area contributed by atoms with Crippen LogP contribution < -0.4 is 21.0 Å². The van der Waals surface area contributed by atoms with Gasteiger partial charge in [-0.2, -0.15) is 0 Å². The lowest BCUT2D eigenvalue weighted by atomic mass is 10.4. The molecule has 1 aliphatic rings. The first-order chi connectivity index (χ1) is 7.99. The van der Waals surface area contributed by atoms with Crippen LogP contribution in [-0.4, -0.2) is 41.6 Å². The van der Waals surface area contributed by atoms with Crippen molar-refractivity contribution in [3.8, 4) is 0 Å². The zero-order valence-electron chi connectivity index (χ0n) is 10.2. The average molecular weight is 240 g/mol. The van der Waals surface area contributed by atoms with Crippen molar-refractivity contribution in [2.24, 2.45) is 7.05 Å². The second kappa shape index (κ2) is 3.92. The Morgan fingerprint density at radius 1 is 1.18 bits per heavy atom. The molecule has 0 amide bonds. The van der Waals surface area contributed by atoms with E-state index in [-0.39, 0.29) is 18.7 Å². The standard InChI is InChI=1S/C10H16N4O3/c1-11-6-12(2)8-7(11)9(16)14(4-5-15)10(17)13(8)3/h15H,4-6H2,1-3H3. The molecule has 0 fully saturated rings. The van der Waals surface area contributed by atoms with E-state index in [0.717, 1.165) is 4.57 Å². The maximum absolute atomic E-state index is 12.1. The summed E-state index contributed by atoms with van der Waals surface area (Å²) in [5.74, 6) is 0.622. The number of fused-ring (bicyclic) bond motifs is 1. The van der Waals surface area contributed by atoms with Crippen molar-refractivity contribution < 1.29 is 5.11 Å². The van der Waals surface area contributed by atoms with Gasteiger partial charge < -0.3 is 14.9 Å². The van der Waals surface area contributed by atoms with Crippen molar-refractivity contribution in [1.29, 1.82) is 0 Å². The van der Waals surface area contributed by atoms with Gasteiger partial charge in [-0.3, -0.25) is 13.9 Å². The highest BCUT2D eigenvalue weighted by Crippen LogP contribution is 2.28. The summed E-state index contributed by atoms with van der Waals surface area (Å²) < 4.78 is 2.50. The Bertz CT molecular complexity index is 560. The van der Waals surface area contributed by atoms with Crippen LogP contribution in [0.15, 0.2) is 9.59 Å². The normalized spacial score (nSPS) is 14.4. The van der Waals surface area contributed by atoms with Gasteiger partial charge in [0.25, 0.3) is 5.56 Å². The Kier molecular flexibility index (Phi) is 2.70. The quantitative estimate of drug-likeness (QED) is 0.673. The first-order valence-electron chi connectivity index (χ1n) is 5.36. The van der Waals surface area contributed by atoms with Crippen LogP contribution in [0, 0.1) is 0 Å². The van der Waals surface area contributed by atoms with E-state index in [1.54, 1.807) is 19.0 Å². The fourth-order valence-corrected chi connectivity index (χ4v) is 2.26. The van der Waals surface area contributed by atoms with Crippen molar-refractivity contribution in [3.63, 3.8) is 0 Å². The maximum Gasteiger partial charge on any atom is 0.332 e. The number of aromatic nitrogens is 2. The van der Waals surface area contributed by atoms with Crippen molar-refractivity contribution in [3.05, 3.63) is 20.8 Å². The first kappa shape index (κ1) is 11.7. The van der Waals surface area contributed by atoms with Gasteiger partial charge in [0.1, 0.15) is 11.5 Å². The fraction of sp³-hybridized carbons (Fsp3) is 0.600. The van der Waals surface area contributed by atoms with Gasteiger partial charge in [0, 0.05) is 21.1 Å². The molecule has 7 heteroatoms. The van der Waals surface area contributed by atoms with E-state index in [9.17, 15) is 9.59 Å². The molecule has 0 radical (unpaired) electrons. The lowest BCUT2D eigenvalue weighted by molar-refractivity contribution is 0.270. The summed E-state index contributed by atoms with van der Waals surface area (Å²) in [6.07, 6.45) is 0. The highest BCUT2D eigenvalue weighted by molar-refractivity contribution is 5.71. The molecule has 94 valence electrons. The topological polar surface area (TPSA) is 70.7 Å². The minimum Gasteiger partial charge on any atom is -0.395 e. The Balaban J connectivity index is 2.80. The Morgan fingerprint density at radius 3 is 2.41 bits per heavy atom. The predicted octanol–water partition coefficient (Wildman–Crippen LogP) is -1.62. The van der Waals surface area contributed by atoms with Crippen molar-refractivity contribution in [2.75, 3.05) is 37.2 Å². The monoisotopic (exact) mass is 240 g/mol. The zero-order chi connectivity index (χ0) is 12.7. The van der Waals surface area contributed by atoms with E-state index in [4.69, 9.17) is 5.11 Å². The molecular formula is C10H16N4O3. The predicted molar refractivity (Wildman–Crippen MR) is 64.7 cm³/mol. The fourth-order valence-electron chi connectivity index (χ4n) is 2.26. The molecular weight excluding hydrogens is 224 g/mol.